The maximum atomic E-state index is 10.3. The fraction of sp³-hybridized carbons (Fsp3) is 0.875. The topological polar surface area (TPSA) is 68.4 Å². The normalized spacial score (nSPS) is 24.0. The van der Waals surface area contributed by atoms with Crippen molar-refractivity contribution in [2.24, 2.45) is 0 Å². The van der Waals surface area contributed by atoms with Crippen LogP contribution < -0.4 is 0 Å². The van der Waals surface area contributed by atoms with E-state index < -0.39 is 5.60 Å². The summed E-state index contributed by atoms with van der Waals surface area (Å²) >= 11 is 0. The Balaban J connectivity index is 2.23. The average molecular weight is 296 g/mol. The number of aliphatic hydroxyl groups excluding tert-OH is 1. The van der Waals surface area contributed by atoms with Crippen LogP contribution in [0.1, 0.15) is 83.3 Å². The molecule has 0 saturated heterocycles. The van der Waals surface area contributed by atoms with Crippen LogP contribution in [-0.2, 0) is 10.3 Å². The maximum Gasteiger partial charge on any atom is 0.232 e. The smallest absolute Gasteiger partial charge is 0.232 e. The molecule has 1 aromatic heterocycles. The largest absolute Gasteiger partial charge is 0.392 e. The third kappa shape index (κ3) is 3.46. The second-order valence-corrected chi connectivity index (χ2v) is 5.90. The minimum atomic E-state index is -0.466. The molecule has 1 aliphatic carbocycles. The number of hydrogen-bond acceptors (Lipinski definition) is 5. The third-order valence-corrected chi connectivity index (χ3v) is 4.71. The van der Waals surface area contributed by atoms with Crippen LogP contribution in [0, 0.1) is 0 Å². The highest BCUT2D eigenvalue weighted by atomic mass is 16.5. The molecule has 2 rings (SSSR count). The highest BCUT2D eigenvalue weighted by molar-refractivity contribution is 5.05. The van der Waals surface area contributed by atoms with Crippen LogP contribution in [0.3, 0.4) is 0 Å². The van der Waals surface area contributed by atoms with Gasteiger partial charge < -0.3 is 14.4 Å². The van der Waals surface area contributed by atoms with Gasteiger partial charge in [-0.25, -0.2) is 0 Å². The van der Waals surface area contributed by atoms with Gasteiger partial charge in [0.2, 0.25) is 11.7 Å². The molecule has 1 saturated carbocycles. The van der Waals surface area contributed by atoms with Crippen LogP contribution in [0.25, 0.3) is 0 Å². The van der Waals surface area contributed by atoms with Crippen LogP contribution in [0.15, 0.2) is 4.52 Å². The zero-order valence-corrected chi connectivity index (χ0v) is 13.5. The zero-order chi connectivity index (χ0) is 15.3. The van der Waals surface area contributed by atoms with Gasteiger partial charge >= 0.3 is 0 Å². The van der Waals surface area contributed by atoms with Crippen molar-refractivity contribution < 1.29 is 14.4 Å². The fourth-order valence-electron chi connectivity index (χ4n) is 3.26. The Bertz CT molecular complexity index is 429. The van der Waals surface area contributed by atoms with Crippen molar-refractivity contribution in [3.05, 3.63) is 11.7 Å². The van der Waals surface area contributed by atoms with E-state index in [4.69, 9.17) is 9.26 Å². The molecular formula is C16H28N2O3. The van der Waals surface area contributed by atoms with Gasteiger partial charge in [0.15, 0.2) is 0 Å². The molecule has 0 radical (unpaired) electrons. The zero-order valence-electron chi connectivity index (χ0n) is 13.5. The number of ether oxygens (including phenoxy) is 1. The van der Waals surface area contributed by atoms with Gasteiger partial charge in [-0.3, -0.25) is 0 Å². The van der Waals surface area contributed by atoms with Crippen LogP contribution in [0.5, 0.6) is 0 Å². The Morgan fingerprint density at radius 1 is 1.19 bits per heavy atom. The second-order valence-electron chi connectivity index (χ2n) is 5.90. The molecule has 0 amide bonds. The van der Waals surface area contributed by atoms with Gasteiger partial charge in [-0.1, -0.05) is 38.3 Å². The van der Waals surface area contributed by atoms with Crippen molar-refractivity contribution in [2.75, 3.05) is 6.61 Å². The summed E-state index contributed by atoms with van der Waals surface area (Å²) < 4.78 is 11.4. The first-order valence-electron chi connectivity index (χ1n) is 8.33. The lowest BCUT2D eigenvalue weighted by Crippen LogP contribution is -2.30. The predicted molar refractivity (Wildman–Crippen MR) is 80.0 cm³/mol. The van der Waals surface area contributed by atoms with Crippen molar-refractivity contribution in [3.8, 4) is 0 Å². The average Bonchev–Trinajstić information content (AvgIpc) is 2.89. The first-order chi connectivity index (χ1) is 10.2. The van der Waals surface area contributed by atoms with Crippen LogP contribution in [-0.4, -0.2) is 28.0 Å². The van der Waals surface area contributed by atoms with Gasteiger partial charge in [0.1, 0.15) is 5.60 Å². The molecule has 5 heteroatoms. The molecule has 1 heterocycles. The van der Waals surface area contributed by atoms with E-state index in [9.17, 15) is 5.11 Å². The minimum Gasteiger partial charge on any atom is -0.392 e. The van der Waals surface area contributed by atoms with Gasteiger partial charge in [0.25, 0.3) is 0 Å². The summed E-state index contributed by atoms with van der Waals surface area (Å²) in [6.45, 7) is 6.76. The van der Waals surface area contributed by atoms with E-state index >= 15 is 0 Å². The molecule has 5 nitrogen and oxygen atoms in total. The molecular weight excluding hydrogens is 268 g/mol. The highest BCUT2D eigenvalue weighted by Gasteiger charge is 2.36. The van der Waals surface area contributed by atoms with E-state index in [1.54, 1.807) is 0 Å². The third-order valence-electron chi connectivity index (χ3n) is 4.71. The van der Waals surface area contributed by atoms with Crippen molar-refractivity contribution >= 4 is 0 Å². The number of nitrogens with zero attached hydrogens (tertiary/aromatic N) is 2. The first-order valence-corrected chi connectivity index (χ1v) is 8.33. The monoisotopic (exact) mass is 296 g/mol. The summed E-state index contributed by atoms with van der Waals surface area (Å²) in [7, 11) is 0. The van der Waals surface area contributed by atoms with Crippen molar-refractivity contribution in [2.45, 2.75) is 83.3 Å². The van der Waals surface area contributed by atoms with Gasteiger partial charge in [-0.15, -0.1) is 0 Å². The number of hydrogen-bond donors (Lipinski definition) is 1. The lowest BCUT2D eigenvalue weighted by Gasteiger charge is -2.27. The molecule has 21 heavy (non-hydrogen) atoms. The summed E-state index contributed by atoms with van der Waals surface area (Å²) in [5.74, 6) is 1.17. The Hall–Kier alpha value is -0.940. The quantitative estimate of drug-likeness (QED) is 0.813. The van der Waals surface area contributed by atoms with Crippen molar-refractivity contribution in [1.82, 2.24) is 10.1 Å². The highest BCUT2D eigenvalue weighted by Crippen LogP contribution is 2.35. The molecule has 2 atom stereocenters. The Morgan fingerprint density at radius 2 is 1.90 bits per heavy atom. The first kappa shape index (κ1) is 16.4. The van der Waals surface area contributed by atoms with E-state index in [-0.39, 0.29) is 12.0 Å². The lowest BCUT2D eigenvalue weighted by atomic mass is 9.95. The fourth-order valence-corrected chi connectivity index (χ4v) is 3.26. The molecule has 0 bridgehead atoms. The summed E-state index contributed by atoms with van der Waals surface area (Å²) in [4.78, 5) is 4.60. The summed E-state index contributed by atoms with van der Waals surface area (Å²) in [5, 5.41) is 14.4. The van der Waals surface area contributed by atoms with E-state index in [1.165, 1.54) is 6.42 Å². The van der Waals surface area contributed by atoms with Crippen LogP contribution >= 0.6 is 0 Å². The molecule has 2 unspecified atom stereocenters. The maximum absolute atomic E-state index is 10.3. The summed E-state index contributed by atoms with van der Waals surface area (Å²) in [5.41, 5.74) is -0.466. The molecule has 0 spiro atoms. The molecule has 1 aromatic rings. The Kier molecular flexibility index (Phi) is 5.76. The van der Waals surface area contributed by atoms with Gasteiger partial charge in [-0.05, 0) is 32.6 Å². The summed E-state index contributed by atoms with van der Waals surface area (Å²) in [6.07, 6.45) is 6.34. The predicted octanol–water partition coefficient (Wildman–Crippen LogP) is 3.53. The molecule has 1 fully saturated rings. The van der Waals surface area contributed by atoms with Gasteiger partial charge in [0.05, 0.1) is 12.0 Å². The van der Waals surface area contributed by atoms with Gasteiger partial charge in [0, 0.05) is 6.61 Å². The number of aromatic nitrogens is 2. The van der Waals surface area contributed by atoms with Crippen molar-refractivity contribution in [3.63, 3.8) is 0 Å². The van der Waals surface area contributed by atoms with Crippen LogP contribution in [0.4, 0.5) is 0 Å². The lowest BCUT2D eigenvalue weighted by molar-refractivity contribution is -0.0583. The molecule has 0 aliphatic heterocycles. The van der Waals surface area contributed by atoms with Crippen molar-refractivity contribution in [1.29, 1.82) is 0 Å². The minimum absolute atomic E-state index is 0.0261. The van der Waals surface area contributed by atoms with E-state index in [1.807, 2.05) is 6.92 Å². The van der Waals surface area contributed by atoms with E-state index in [0.29, 0.717) is 18.3 Å². The van der Waals surface area contributed by atoms with E-state index in [2.05, 4.69) is 24.0 Å². The molecule has 0 aromatic carbocycles. The molecule has 120 valence electrons. The number of aliphatic hydroxyl groups is 1. The standard InChI is InChI=1S/C16H28N2O3/c1-4-16(5-2,20-6-3)15-17-14(21-18-15)12-10-8-7-9-11-13(12)19/h12-13,19H,4-11H2,1-3H3. The Labute approximate surface area is 127 Å². The second kappa shape index (κ2) is 7.36. The Morgan fingerprint density at radius 3 is 2.57 bits per heavy atom. The van der Waals surface area contributed by atoms with Crippen LogP contribution in [0.2, 0.25) is 0 Å². The number of rotatable bonds is 6. The summed E-state index contributed by atoms with van der Waals surface area (Å²) in [6, 6.07) is 0. The van der Waals surface area contributed by atoms with E-state index in [0.717, 1.165) is 38.5 Å². The van der Waals surface area contributed by atoms with Gasteiger partial charge in [-0.2, -0.15) is 4.98 Å². The molecule has 1 N–H and O–H groups in total. The SMILES string of the molecule is CCOC(CC)(CC)c1noc(C2CCCCCC2O)n1. The molecule has 1 aliphatic rings.